The van der Waals surface area contributed by atoms with Crippen LogP contribution in [0.1, 0.15) is 52.0 Å². The molecule has 0 amide bonds. The molecule has 0 aliphatic carbocycles. The van der Waals surface area contributed by atoms with Crippen molar-refractivity contribution in [3.05, 3.63) is 18.2 Å². The zero-order valence-corrected chi connectivity index (χ0v) is 11.7. The molecule has 3 nitrogen and oxygen atoms in total. The Morgan fingerprint density at radius 3 is 1.94 bits per heavy atom. The summed E-state index contributed by atoms with van der Waals surface area (Å²) in [7, 11) is 0. The lowest BCUT2D eigenvalue weighted by Crippen LogP contribution is -3.00. The van der Waals surface area contributed by atoms with Crippen molar-refractivity contribution in [3.63, 3.8) is 0 Å². The van der Waals surface area contributed by atoms with Crippen molar-refractivity contribution in [2.24, 2.45) is 0 Å². The number of hydrogen-bond acceptors (Lipinski definition) is 1. The number of aldehydes is 1. The van der Waals surface area contributed by atoms with Crippen LogP contribution in [0, 0.1) is 0 Å². The molecule has 0 aromatic carbocycles. The average molecular weight is 245 g/mol. The molecule has 0 atom stereocenters. The quantitative estimate of drug-likeness (QED) is 0.465. The first-order valence-electron chi connectivity index (χ1n) is 5.26. The van der Waals surface area contributed by atoms with Gasteiger partial charge in [-0.15, -0.1) is 0 Å². The summed E-state index contributed by atoms with van der Waals surface area (Å²) >= 11 is 0. The fraction of sp³-hybridized carbons (Fsp3) is 0.667. The van der Waals surface area contributed by atoms with E-state index >= 15 is 0 Å². The first-order valence-corrected chi connectivity index (χ1v) is 5.26. The Morgan fingerprint density at radius 2 is 1.69 bits per heavy atom. The first-order chi connectivity index (χ1) is 6.66. The van der Waals surface area contributed by atoms with E-state index in [9.17, 15) is 4.79 Å². The SMILES string of the molecule is CC(C)(C)n1c[n+](C(C)(C)C)cc1C=O.[Cl-]. The number of aromatic nitrogens is 2. The standard InChI is InChI=1S/C12H21N2O.ClH/c1-11(2,3)13-7-10(8-15)14(9-13)12(4,5)6;/h7-9H,1-6H3;1H/q+1;/p-1. The van der Waals surface area contributed by atoms with E-state index in [1.807, 2.05) is 17.1 Å². The van der Waals surface area contributed by atoms with Crippen LogP contribution in [0.5, 0.6) is 0 Å². The third-order valence-corrected chi connectivity index (χ3v) is 2.41. The second-order valence-electron chi connectivity index (χ2n) is 5.91. The summed E-state index contributed by atoms with van der Waals surface area (Å²) in [6.45, 7) is 12.6. The van der Waals surface area contributed by atoms with Gasteiger partial charge in [-0.2, -0.15) is 0 Å². The molecule has 0 fully saturated rings. The van der Waals surface area contributed by atoms with Crippen LogP contribution in [0.2, 0.25) is 0 Å². The number of rotatable bonds is 1. The highest BCUT2D eigenvalue weighted by molar-refractivity contribution is 5.71. The summed E-state index contributed by atoms with van der Waals surface area (Å²) in [6.07, 6.45) is 4.81. The van der Waals surface area contributed by atoms with Gasteiger partial charge in [0.2, 0.25) is 12.0 Å². The molecule has 0 aliphatic heterocycles. The Hall–Kier alpha value is -0.830. The van der Waals surface area contributed by atoms with Gasteiger partial charge in [0.05, 0.1) is 0 Å². The minimum Gasteiger partial charge on any atom is -1.00 e. The van der Waals surface area contributed by atoms with Crippen LogP contribution in [0.25, 0.3) is 0 Å². The number of halogens is 1. The molecule has 0 unspecified atom stereocenters. The zero-order valence-electron chi connectivity index (χ0n) is 10.9. The molecular weight excluding hydrogens is 224 g/mol. The van der Waals surface area contributed by atoms with Crippen LogP contribution in [0.3, 0.4) is 0 Å². The molecule has 1 rings (SSSR count). The minimum absolute atomic E-state index is 0. The highest BCUT2D eigenvalue weighted by Crippen LogP contribution is 2.16. The van der Waals surface area contributed by atoms with E-state index in [4.69, 9.17) is 0 Å². The van der Waals surface area contributed by atoms with Gasteiger partial charge in [0, 0.05) is 0 Å². The maximum atomic E-state index is 11.0. The third-order valence-electron chi connectivity index (χ3n) is 2.41. The van der Waals surface area contributed by atoms with Crippen LogP contribution in [-0.2, 0) is 11.1 Å². The molecule has 1 heterocycles. The molecule has 16 heavy (non-hydrogen) atoms. The van der Waals surface area contributed by atoms with Crippen molar-refractivity contribution in [2.45, 2.75) is 52.6 Å². The van der Waals surface area contributed by atoms with Crippen molar-refractivity contribution >= 4 is 6.29 Å². The average Bonchev–Trinajstić information content (AvgIpc) is 2.44. The van der Waals surface area contributed by atoms with E-state index in [0.717, 1.165) is 12.0 Å². The highest BCUT2D eigenvalue weighted by Gasteiger charge is 2.28. The lowest BCUT2D eigenvalue weighted by molar-refractivity contribution is -0.753. The maximum absolute atomic E-state index is 11.0. The first kappa shape index (κ1) is 15.2. The molecule has 1 aromatic rings. The topological polar surface area (TPSA) is 25.9 Å². The highest BCUT2D eigenvalue weighted by atomic mass is 35.5. The van der Waals surface area contributed by atoms with Crippen molar-refractivity contribution in [1.82, 2.24) is 4.57 Å². The number of imidazole rings is 1. The van der Waals surface area contributed by atoms with Crippen LogP contribution >= 0.6 is 0 Å². The van der Waals surface area contributed by atoms with Gasteiger partial charge in [-0.05, 0) is 41.5 Å². The predicted molar refractivity (Wildman–Crippen MR) is 60.0 cm³/mol. The van der Waals surface area contributed by atoms with Crippen LogP contribution < -0.4 is 17.0 Å². The minimum atomic E-state index is -0.0628. The van der Waals surface area contributed by atoms with Gasteiger partial charge in [-0.3, -0.25) is 4.79 Å². The number of hydrogen-bond donors (Lipinski definition) is 0. The zero-order chi connectivity index (χ0) is 11.9. The number of carbonyl (C=O) groups excluding carboxylic acids is 1. The second-order valence-corrected chi connectivity index (χ2v) is 5.91. The molecule has 1 aromatic heterocycles. The smallest absolute Gasteiger partial charge is 0.245 e. The third kappa shape index (κ3) is 3.08. The molecule has 0 N–H and O–H groups in total. The van der Waals surface area contributed by atoms with Gasteiger partial charge in [0.1, 0.15) is 17.3 Å². The Kier molecular flexibility index (Phi) is 4.34. The molecule has 0 saturated carbocycles. The summed E-state index contributed by atoms with van der Waals surface area (Å²) in [5.74, 6) is 0. The summed E-state index contributed by atoms with van der Waals surface area (Å²) in [4.78, 5) is 11.0. The normalized spacial score (nSPS) is 12.1. The fourth-order valence-electron chi connectivity index (χ4n) is 1.44. The van der Waals surface area contributed by atoms with Gasteiger partial charge in [0.15, 0.2) is 6.29 Å². The largest absolute Gasteiger partial charge is 1.00 e. The van der Waals surface area contributed by atoms with E-state index in [0.29, 0.717) is 0 Å². The Labute approximate surface area is 104 Å². The van der Waals surface area contributed by atoms with Crippen molar-refractivity contribution in [1.29, 1.82) is 0 Å². The molecule has 0 spiro atoms. The Morgan fingerprint density at radius 1 is 1.19 bits per heavy atom. The molecule has 0 saturated heterocycles. The van der Waals surface area contributed by atoms with E-state index in [2.05, 4.69) is 46.1 Å². The van der Waals surface area contributed by atoms with Gasteiger partial charge in [0.25, 0.3) is 0 Å². The van der Waals surface area contributed by atoms with Gasteiger partial charge < -0.3 is 12.4 Å². The monoisotopic (exact) mass is 244 g/mol. The predicted octanol–water partition coefficient (Wildman–Crippen LogP) is -0.898. The van der Waals surface area contributed by atoms with Crippen molar-refractivity contribution in [3.8, 4) is 0 Å². The van der Waals surface area contributed by atoms with E-state index < -0.39 is 0 Å². The van der Waals surface area contributed by atoms with Gasteiger partial charge in [-0.25, -0.2) is 9.13 Å². The van der Waals surface area contributed by atoms with Crippen molar-refractivity contribution in [2.75, 3.05) is 0 Å². The van der Waals surface area contributed by atoms with Gasteiger partial charge >= 0.3 is 0 Å². The molecule has 0 bridgehead atoms. The molecule has 92 valence electrons. The fourth-order valence-corrected chi connectivity index (χ4v) is 1.44. The maximum Gasteiger partial charge on any atom is 0.245 e. The molecule has 4 heteroatoms. The van der Waals surface area contributed by atoms with Crippen LogP contribution in [-0.4, -0.2) is 10.9 Å². The van der Waals surface area contributed by atoms with Gasteiger partial charge in [-0.1, -0.05) is 0 Å². The summed E-state index contributed by atoms with van der Waals surface area (Å²) in [5, 5.41) is 0. The van der Waals surface area contributed by atoms with Crippen LogP contribution in [0.15, 0.2) is 12.5 Å². The van der Waals surface area contributed by atoms with Crippen LogP contribution in [0.4, 0.5) is 0 Å². The number of carbonyl (C=O) groups is 1. The Balaban J connectivity index is 0.00000225. The van der Waals surface area contributed by atoms with E-state index in [-0.39, 0.29) is 23.5 Å². The number of nitrogens with zero attached hydrogens (tertiary/aromatic N) is 2. The van der Waals surface area contributed by atoms with E-state index in [1.165, 1.54) is 0 Å². The lowest BCUT2D eigenvalue weighted by Gasteiger charge is -2.16. The summed E-state index contributed by atoms with van der Waals surface area (Å²) in [5.41, 5.74) is 0.665. The Bertz CT molecular complexity index is 369. The lowest BCUT2D eigenvalue weighted by atomic mass is 10.1. The molecular formula is C12H21ClN2O. The summed E-state index contributed by atoms with van der Waals surface area (Å²) < 4.78 is 4.08. The van der Waals surface area contributed by atoms with E-state index in [1.54, 1.807) is 0 Å². The molecule has 0 aliphatic rings. The second kappa shape index (κ2) is 4.58. The van der Waals surface area contributed by atoms with Crippen molar-refractivity contribution < 1.29 is 21.8 Å². The molecule has 0 radical (unpaired) electrons. The summed E-state index contributed by atoms with van der Waals surface area (Å²) in [6, 6.07) is 0.